The first kappa shape index (κ1) is 17.8. The first-order valence-corrected chi connectivity index (χ1v) is 5.73. The van der Waals surface area contributed by atoms with Gasteiger partial charge in [-0.25, -0.2) is 0 Å². The van der Waals surface area contributed by atoms with Gasteiger partial charge in [-0.15, -0.1) is 0 Å². The van der Waals surface area contributed by atoms with Crippen molar-refractivity contribution in [3.05, 3.63) is 43.3 Å². The number of benzene rings is 1. The minimum atomic E-state index is 0. The topological polar surface area (TPSA) is 24.1 Å². The molecule has 0 spiro atoms. The van der Waals surface area contributed by atoms with Crippen LogP contribution < -0.4 is 62.0 Å². The molecule has 90 valence electrons. The minimum Gasteiger partial charge on any atom is -0.358 e. The molecule has 1 aromatic carbocycles. The molecule has 1 unspecified atom stereocenters. The second-order valence-corrected chi connectivity index (χ2v) is 4.45. The van der Waals surface area contributed by atoms with Gasteiger partial charge in [0.15, 0.2) is 0 Å². The van der Waals surface area contributed by atoms with Gasteiger partial charge in [0.2, 0.25) is 0 Å². The summed E-state index contributed by atoms with van der Waals surface area (Å²) in [6, 6.07) is 11.9. The Bertz CT molecular complexity index is 286. The Morgan fingerprint density at radius 2 is 2.06 bits per heavy atom. The molecule has 0 bridgehead atoms. The van der Waals surface area contributed by atoms with Crippen LogP contribution in [0.25, 0.3) is 0 Å². The van der Waals surface area contributed by atoms with E-state index in [4.69, 9.17) is 0 Å². The first-order chi connectivity index (χ1) is 7.34. The molecule has 0 saturated carbocycles. The van der Waals surface area contributed by atoms with Gasteiger partial charge in [-0.2, -0.15) is 35.9 Å². The fourth-order valence-electron chi connectivity index (χ4n) is 1.84. The fourth-order valence-corrected chi connectivity index (χ4v) is 1.84. The van der Waals surface area contributed by atoms with Crippen LogP contribution in [0.1, 0.15) is 12.5 Å². The van der Waals surface area contributed by atoms with Crippen molar-refractivity contribution >= 4 is 0 Å². The predicted molar refractivity (Wildman–Crippen MR) is 69.2 cm³/mol. The zero-order valence-corrected chi connectivity index (χ0v) is 14.4. The summed E-state index contributed by atoms with van der Waals surface area (Å²) in [6.45, 7) is 5.76. The van der Waals surface area contributed by atoms with E-state index < -0.39 is 0 Å². The maximum Gasteiger partial charge on any atom is 1.00 e. The third-order valence-electron chi connectivity index (χ3n) is 2.95. The van der Waals surface area contributed by atoms with Crippen LogP contribution in [-0.2, 0) is 6.42 Å². The standard InChI is InChI=1S/C13H19N2.CH3.K/c1-11(15-10-13-8-14-9-13)7-12-5-3-2-4-6-12;;/h3-6,11,13-15H,7-10H2,1H3;1H3;/q2*-1;+1. The van der Waals surface area contributed by atoms with Crippen LogP contribution in [-0.4, -0.2) is 25.7 Å². The van der Waals surface area contributed by atoms with E-state index in [1.807, 2.05) is 12.1 Å². The largest absolute Gasteiger partial charge is 1.00 e. The maximum atomic E-state index is 3.58. The third-order valence-corrected chi connectivity index (χ3v) is 2.95. The van der Waals surface area contributed by atoms with Crippen LogP contribution in [0.5, 0.6) is 0 Å². The fraction of sp³-hybridized carbons (Fsp3) is 0.500. The van der Waals surface area contributed by atoms with Crippen molar-refractivity contribution in [3.63, 3.8) is 0 Å². The minimum absolute atomic E-state index is 0. The van der Waals surface area contributed by atoms with Crippen molar-refractivity contribution in [2.24, 2.45) is 5.92 Å². The van der Waals surface area contributed by atoms with Gasteiger partial charge in [-0.3, -0.25) is 0 Å². The molecule has 3 heteroatoms. The summed E-state index contributed by atoms with van der Waals surface area (Å²) >= 11 is 0. The molecule has 1 atom stereocenters. The molecule has 1 aromatic rings. The molecule has 2 nitrogen and oxygen atoms in total. The molecule has 2 N–H and O–H groups in total. The average Bonchev–Trinajstić information content (AvgIpc) is 2.17. The van der Waals surface area contributed by atoms with Crippen LogP contribution in [0.15, 0.2) is 24.3 Å². The second kappa shape index (κ2) is 9.67. The summed E-state index contributed by atoms with van der Waals surface area (Å²) in [5, 5.41) is 6.87. The van der Waals surface area contributed by atoms with Crippen LogP contribution in [0, 0.1) is 19.4 Å². The van der Waals surface area contributed by atoms with E-state index in [0.717, 1.165) is 18.9 Å². The van der Waals surface area contributed by atoms with Crippen molar-refractivity contribution in [2.45, 2.75) is 19.4 Å². The monoisotopic (exact) mass is 257 g/mol. The quantitative estimate of drug-likeness (QED) is 0.505. The molecule has 0 amide bonds. The Morgan fingerprint density at radius 3 is 2.59 bits per heavy atom. The van der Waals surface area contributed by atoms with E-state index in [-0.39, 0.29) is 58.8 Å². The van der Waals surface area contributed by atoms with Crippen molar-refractivity contribution in [3.8, 4) is 0 Å². The summed E-state index contributed by atoms with van der Waals surface area (Å²) in [5.41, 5.74) is 1.39. The summed E-state index contributed by atoms with van der Waals surface area (Å²) in [6.07, 6.45) is 1.11. The van der Waals surface area contributed by atoms with Gasteiger partial charge >= 0.3 is 51.4 Å². The molecule has 1 heterocycles. The van der Waals surface area contributed by atoms with Crippen LogP contribution in [0.2, 0.25) is 0 Å². The van der Waals surface area contributed by atoms with Crippen molar-refractivity contribution in [1.82, 2.24) is 10.6 Å². The second-order valence-electron chi connectivity index (χ2n) is 4.45. The van der Waals surface area contributed by atoms with Crippen molar-refractivity contribution in [1.29, 1.82) is 0 Å². The summed E-state index contributed by atoms with van der Waals surface area (Å²) in [7, 11) is 0. The Morgan fingerprint density at radius 1 is 1.41 bits per heavy atom. The van der Waals surface area contributed by atoms with Gasteiger partial charge in [0.25, 0.3) is 0 Å². The smallest absolute Gasteiger partial charge is 0.358 e. The van der Waals surface area contributed by atoms with Gasteiger partial charge in [0.05, 0.1) is 0 Å². The first-order valence-electron chi connectivity index (χ1n) is 5.73. The van der Waals surface area contributed by atoms with E-state index >= 15 is 0 Å². The van der Waals surface area contributed by atoms with Gasteiger partial charge in [-0.05, 0) is 19.3 Å². The van der Waals surface area contributed by atoms with E-state index in [1.165, 1.54) is 18.7 Å². The zero-order valence-electron chi connectivity index (χ0n) is 11.3. The van der Waals surface area contributed by atoms with E-state index in [2.05, 4.69) is 35.8 Å². The van der Waals surface area contributed by atoms with Gasteiger partial charge in [0, 0.05) is 25.7 Å². The Labute approximate surface area is 148 Å². The van der Waals surface area contributed by atoms with E-state index in [0.29, 0.717) is 6.04 Å². The van der Waals surface area contributed by atoms with E-state index in [1.54, 1.807) is 0 Å². The van der Waals surface area contributed by atoms with Gasteiger partial charge in [-0.1, -0.05) is 0 Å². The molecule has 1 saturated heterocycles. The summed E-state index contributed by atoms with van der Waals surface area (Å²) < 4.78 is 0. The summed E-state index contributed by atoms with van der Waals surface area (Å²) in [4.78, 5) is 0. The van der Waals surface area contributed by atoms with Crippen LogP contribution in [0.3, 0.4) is 0 Å². The average molecular weight is 257 g/mol. The van der Waals surface area contributed by atoms with Crippen LogP contribution in [0.4, 0.5) is 0 Å². The number of hydrogen-bond donors (Lipinski definition) is 2. The molecule has 1 fully saturated rings. The normalized spacial score (nSPS) is 16.3. The number of nitrogens with one attached hydrogen (secondary N) is 2. The van der Waals surface area contributed by atoms with Gasteiger partial charge in [0.1, 0.15) is 0 Å². The Hall–Kier alpha value is 0.776. The Kier molecular flexibility index (Phi) is 10.1. The predicted octanol–water partition coefficient (Wildman–Crippen LogP) is -1.32. The maximum absolute atomic E-state index is 3.58. The molecule has 2 rings (SSSR count). The Balaban J connectivity index is 0.00000128. The molecule has 0 aliphatic carbocycles. The SMILES string of the molecule is CC(Cc1cc[c-]cc1)NCC1CNC1.[CH3-].[K+]. The molecule has 1 aliphatic heterocycles. The molecule has 0 aromatic heterocycles. The van der Waals surface area contributed by atoms with Gasteiger partial charge < -0.3 is 18.1 Å². The van der Waals surface area contributed by atoms with Crippen LogP contribution >= 0.6 is 0 Å². The molecular formula is C14H22KN2-. The zero-order chi connectivity index (χ0) is 10.5. The van der Waals surface area contributed by atoms with Crippen molar-refractivity contribution < 1.29 is 51.4 Å². The van der Waals surface area contributed by atoms with E-state index in [9.17, 15) is 0 Å². The third kappa shape index (κ3) is 6.48. The molecular weight excluding hydrogens is 235 g/mol. The molecule has 17 heavy (non-hydrogen) atoms. The number of hydrogen-bond acceptors (Lipinski definition) is 2. The summed E-state index contributed by atoms with van der Waals surface area (Å²) in [5.74, 6) is 0.844. The molecule has 0 radical (unpaired) electrons. The van der Waals surface area contributed by atoms with Crippen molar-refractivity contribution in [2.75, 3.05) is 19.6 Å². The number of rotatable bonds is 5. The molecule has 1 aliphatic rings.